The molecule has 1 saturated heterocycles. The molecule has 0 unspecified atom stereocenters. The van der Waals surface area contributed by atoms with Crippen LogP contribution < -0.4 is 5.73 Å². The molecular formula is C16H28N2O3. The SMILES string of the molecule is CCOC(=O)C1CCN(C(=O)CC2(N)CCCCC2)CC1. The normalized spacial score (nSPS) is 22.9. The van der Waals surface area contributed by atoms with E-state index < -0.39 is 0 Å². The van der Waals surface area contributed by atoms with Gasteiger partial charge in [0.05, 0.1) is 12.5 Å². The number of hydrogen-bond donors (Lipinski definition) is 1. The second-order valence-electron chi connectivity index (χ2n) is 6.51. The van der Waals surface area contributed by atoms with Crippen molar-refractivity contribution in [1.82, 2.24) is 4.90 Å². The number of piperidine rings is 1. The Bertz CT molecular complexity index is 370. The van der Waals surface area contributed by atoms with Crippen molar-refractivity contribution in [3.05, 3.63) is 0 Å². The van der Waals surface area contributed by atoms with Gasteiger partial charge in [-0.05, 0) is 32.6 Å². The number of carbonyl (C=O) groups excluding carboxylic acids is 2. The number of nitrogens with two attached hydrogens (primary N) is 1. The van der Waals surface area contributed by atoms with Crippen molar-refractivity contribution in [3.63, 3.8) is 0 Å². The number of amides is 1. The van der Waals surface area contributed by atoms with E-state index in [4.69, 9.17) is 10.5 Å². The van der Waals surface area contributed by atoms with E-state index in [1.54, 1.807) is 0 Å². The minimum Gasteiger partial charge on any atom is -0.466 e. The fourth-order valence-electron chi connectivity index (χ4n) is 3.47. The van der Waals surface area contributed by atoms with Crippen molar-refractivity contribution in [3.8, 4) is 0 Å². The van der Waals surface area contributed by atoms with Crippen LogP contribution in [0.1, 0.15) is 58.3 Å². The molecule has 2 N–H and O–H groups in total. The minimum absolute atomic E-state index is 0.0458. The molecule has 0 bridgehead atoms. The summed E-state index contributed by atoms with van der Waals surface area (Å²) in [5.74, 6) is -0.00981. The molecule has 1 aliphatic heterocycles. The maximum absolute atomic E-state index is 12.4. The van der Waals surface area contributed by atoms with E-state index in [0.29, 0.717) is 39.0 Å². The number of rotatable bonds is 4. The van der Waals surface area contributed by atoms with Crippen LogP contribution in [0.15, 0.2) is 0 Å². The quantitative estimate of drug-likeness (QED) is 0.803. The van der Waals surface area contributed by atoms with Crippen molar-refractivity contribution in [1.29, 1.82) is 0 Å². The second-order valence-corrected chi connectivity index (χ2v) is 6.51. The van der Waals surface area contributed by atoms with Gasteiger partial charge in [-0.15, -0.1) is 0 Å². The van der Waals surface area contributed by atoms with Crippen LogP contribution in [0.25, 0.3) is 0 Å². The molecule has 21 heavy (non-hydrogen) atoms. The van der Waals surface area contributed by atoms with Crippen LogP contribution in [0.4, 0.5) is 0 Å². The molecule has 1 amide bonds. The zero-order chi connectivity index (χ0) is 15.3. The summed E-state index contributed by atoms with van der Waals surface area (Å²) >= 11 is 0. The first kappa shape index (κ1) is 16.3. The number of hydrogen-bond acceptors (Lipinski definition) is 4. The highest BCUT2D eigenvalue weighted by molar-refractivity contribution is 5.78. The lowest BCUT2D eigenvalue weighted by molar-refractivity contribution is -0.151. The predicted octanol–water partition coefficient (Wildman–Crippen LogP) is 1.84. The van der Waals surface area contributed by atoms with Gasteiger partial charge in [-0.3, -0.25) is 9.59 Å². The number of likely N-dealkylation sites (tertiary alicyclic amines) is 1. The highest BCUT2D eigenvalue weighted by atomic mass is 16.5. The fourth-order valence-corrected chi connectivity index (χ4v) is 3.47. The zero-order valence-electron chi connectivity index (χ0n) is 13.1. The minimum atomic E-state index is -0.298. The summed E-state index contributed by atoms with van der Waals surface area (Å²) in [7, 11) is 0. The Kier molecular flexibility index (Phi) is 5.62. The van der Waals surface area contributed by atoms with Gasteiger partial charge in [0.25, 0.3) is 0 Å². The van der Waals surface area contributed by atoms with Crippen molar-refractivity contribution >= 4 is 11.9 Å². The molecule has 0 radical (unpaired) electrons. The summed E-state index contributed by atoms with van der Waals surface area (Å²) in [5, 5.41) is 0. The Balaban J connectivity index is 1.79. The lowest BCUT2D eigenvalue weighted by Gasteiger charge is -2.37. The molecule has 2 fully saturated rings. The van der Waals surface area contributed by atoms with Crippen molar-refractivity contribution in [2.45, 2.75) is 63.8 Å². The molecule has 120 valence electrons. The summed E-state index contributed by atoms with van der Waals surface area (Å²) in [6.07, 6.45) is 7.29. The maximum atomic E-state index is 12.4. The van der Waals surface area contributed by atoms with E-state index in [-0.39, 0.29) is 23.3 Å². The van der Waals surface area contributed by atoms with Crippen LogP contribution in [0.3, 0.4) is 0 Å². The van der Waals surface area contributed by atoms with Crippen LogP contribution in [0.2, 0.25) is 0 Å². The highest BCUT2D eigenvalue weighted by Gasteiger charge is 2.34. The standard InChI is InChI=1S/C16H28N2O3/c1-2-21-15(20)13-6-10-18(11-7-13)14(19)12-16(17)8-4-3-5-9-16/h13H,2-12,17H2,1H3. The summed E-state index contributed by atoms with van der Waals surface area (Å²) in [4.78, 5) is 26.0. The molecule has 1 saturated carbocycles. The Morgan fingerprint density at radius 3 is 2.38 bits per heavy atom. The summed E-state index contributed by atoms with van der Waals surface area (Å²) in [6.45, 7) is 3.55. The van der Waals surface area contributed by atoms with E-state index in [1.807, 2.05) is 11.8 Å². The van der Waals surface area contributed by atoms with Crippen LogP contribution in [0, 0.1) is 5.92 Å². The fraction of sp³-hybridized carbons (Fsp3) is 0.875. The summed E-state index contributed by atoms with van der Waals surface area (Å²) in [5.41, 5.74) is 6.06. The number of ether oxygens (including phenoxy) is 1. The molecule has 1 aliphatic carbocycles. The van der Waals surface area contributed by atoms with E-state index in [0.717, 1.165) is 25.7 Å². The van der Waals surface area contributed by atoms with Gasteiger partial charge in [0.1, 0.15) is 0 Å². The number of nitrogens with zero attached hydrogens (tertiary/aromatic N) is 1. The van der Waals surface area contributed by atoms with E-state index in [9.17, 15) is 9.59 Å². The molecule has 1 heterocycles. The van der Waals surface area contributed by atoms with E-state index in [1.165, 1.54) is 6.42 Å². The van der Waals surface area contributed by atoms with Crippen LogP contribution in [-0.2, 0) is 14.3 Å². The number of esters is 1. The molecule has 0 spiro atoms. The van der Waals surface area contributed by atoms with Crippen LogP contribution in [-0.4, -0.2) is 42.0 Å². The van der Waals surface area contributed by atoms with Crippen LogP contribution >= 0.6 is 0 Å². The third-order valence-electron chi connectivity index (χ3n) is 4.82. The van der Waals surface area contributed by atoms with Gasteiger partial charge in [-0.25, -0.2) is 0 Å². The highest BCUT2D eigenvalue weighted by Crippen LogP contribution is 2.30. The molecule has 2 aliphatic rings. The summed E-state index contributed by atoms with van der Waals surface area (Å²) < 4.78 is 5.05. The maximum Gasteiger partial charge on any atom is 0.309 e. The molecule has 0 atom stereocenters. The monoisotopic (exact) mass is 296 g/mol. The van der Waals surface area contributed by atoms with Gasteiger partial charge < -0.3 is 15.4 Å². The first-order valence-electron chi connectivity index (χ1n) is 8.27. The summed E-state index contributed by atoms with van der Waals surface area (Å²) in [6, 6.07) is 0. The average molecular weight is 296 g/mol. The van der Waals surface area contributed by atoms with Gasteiger partial charge >= 0.3 is 5.97 Å². The largest absolute Gasteiger partial charge is 0.466 e. The van der Waals surface area contributed by atoms with E-state index >= 15 is 0 Å². The Morgan fingerprint density at radius 1 is 1.19 bits per heavy atom. The molecule has 5 heteroatoms. The lowest BCUT2D eigenvalue weighted by atomic mass is 9.80. The topological polar surface area (TPSA) is 72.6 Å². The average Bonchev–Trinajstić information content (AvgIpc) is 2.48. The molecule has 2 rings (SSSR count). The van der Waals surface area contributed by atoms with Crippen LogP contribution in [0.5, 0.6) is 0 Å². The number of carbonyl (C=O) groups is 2. The lowest BCUT2D eigenvalue weighted by Crippen LogP contribution is -2.48. The third kappa shape index (κ3) is 4.43. The van der Waals surface area contributed by atoms with Gasteiger partial charge in [-0.1, -0.05) is 19.3 Å². The molecule has 0 aromatic carbocycles. The van der Waals surface area contributed by atoms with Crippen molar-refractivity contribution in [2.75, 3.05) is 19.7 Å². The Labute approximate surface area is 127 Å². The molecular weight excluding hydrogens is 268 g/mol. The third-order valence-corrected chi connectivity index (χ3v) is 4.82. The molecule has 0 aromatic rings. The van der Waals surface area contributed by atoms with Gasteiger partial charge in [0, 0.05) is 25.0 Å². The second kappa shape index (κ2) is 7.25. The Morgan fingerprint density at radius 2 is 1.81 bits per heavy atom. The van der Waals surface area contributed by atoms with Crippen molar-refractivity contribution < 1.29 is 14.3 Å². The first-order chi connectivity index (χ1) is 10.0. The zero-order valence-corrected chi connectivity index (χ0v) is 13.1. The molecule has 5 nitrogen and oxygen atoms in total. The van der Waals surface area contributed by atoms with Gasteiger partial charge in [0.15, 0.2) is 0 Å². The smallest absolute Gasteiger partial charge is 0.309 e. The molecule has 0 aromatic heterocycles. The predicted molar refractivity (Wildman–Crippen MR) is 80.6 cm³/mol. The first-order valence-corrected chi connectivity index (χ1v) is 8.27. The van der Waals surface area contributed by atoms with Gasteiger partial charge in [0.2, 0.25) is 5.91 Å². The Hall–Kier alpha value is -1.10. The van der Waals surface area contributed by atoms with Crippen molar-refractivity contribution in [2.24, 2.45) is 11.7 Å². The van der Waals surface area contributed by atoms with E-state index in [2.05, 4.69) is 0 Å². The van der Waals surface area contributed by atoms with Gasteiger partial charge in [-0.2, -0.15) is 0 Å².